The van der Waals surface area contributed by atoms with Gasteiger partial charge in [0.2, 0.25) is 0 Å². The monoisotopic (exact) mass is 139 g/mol. The highest BCUT2D eigenvalue weighted by molar-refractivity contribution is 5.04. The first-order chi connectivity index (χ1) is 4.76. The summed E-state index contributed by atoms with van der Waals surface area (Å²) in [6, 6.07) is 0. The number of likely N-dealkylation sites (tertiary alicyclic amines) is 1. The van der Waals surface area contributed by atoms with Crippen molar-refractivity contribution in [2.75, 3.05) is 13.6 Å². The van der Waals surface area contributed by atoms with Crippen molar-refractivity contribution in [3.05, 3.63) is 0 Å². The minimum absolute atomic E-state index is 0.667. The van der Waals surface area contributed by atoms with Crippen LogP contribution in [0.2, 0.25) is 0 Å². The summed E-state index contributed by atoms with van der Waals surface area (Å²) in [5.41, 5.74) is 0.667. The van der Waals surface area contributed by atoms with E-state index in [1.54, 1.807) is 0 Å². The molecule has 1 aliphatic heterocycles. The molecule has 58 valence electrons. The lowest BCUT2D eigenvalue weighted by Crippen LogP contribution is -2.53. The lowest BCUT2D eigenvalue weighted by atomic mass is 9.66. The van der Waals surface area contributed by atoms with Gasteiger partial charge in [-0.1, -0.05) is 6.92 Å². The molecule has 1 saturated heterocycles. The van der Waals surface area contributed by atoms with Gasteiger partial charge in [0.05, 0.1) is 0 Å². The van der Waals surface area contributed by atoms with Crippen LogP contribution in [0.4, 0.5) is 0 Å². The van der Waals surface area contributed by atoms with E-state index in [1.165, 1.54) is 32.2 Å². The SMILES string of the molecule is C[C@H]1CCC12CCCN2C. The molecule has 0 N–H and O–H groups in total. The van der Waals surface area contributed by atoms with Crippen LogP contribution in [0.25, 0.3) is 0 Å². The standard InChI is InChI=1S/C9H17N/c1-8-4-6-9(8)5-3-7-10(9)2/h8H,3-7H2,1-2H3/t8-,9?/m0/s1. The van der Waals surface area contributed by atoms with Gasteiger partial charge in [-0.3, -0.25) is 0 Å². The Kier molecular flexibility index (Phi) is 1.31. The second-order valence-electron chi connectivity index (χ2n) is 4.07. The average Bonchev–Trinajstić information content (AvgIpc) is 2.30. The quantitative estimate of drug-likeness (QED) is 0.495. The lowest BCUT2D eigenvalue weighted by Gasteiger charge is -2.50. The Morgan fingerprint density at radius 3 is 2.40 bits per heavy atom. The van der Waals surface area contributed by atoms with E-state index in [0.717, 1.165) is 5.92 Å². The van der Waals surface area contributed by atoms with Crippen LogP contribution in [0.3, 0.4) is 0 Å². The normalized spacial score (nSPS) is 48.0. The average molecular weight is 139 g/mol. The van der Waals surface area contributed by atoms with Gasteiger partial charge in [0.1, 0.15) is 0 Å². The molecule has 1 heterocycles. The maximum Gasteiger partial charge on any atom is 0.0232 e. The van der Waals surface area contributed by atoms with Gasteiger partial charge in [0, 0.05) is 5.54 Å². The number of nitrogens with zero attached hydrogens (tertiary/aromatic N) is 1. The summed E-state index contributed by atoms with van der Waals surface area (Å²) in [6.45, 7) is 3.75. The van der Waals surface area contributed by atoms with Crippen molar-refractivity contribution in [1.82, 2.24) is 4.90 Å². The second-order valence-corrected chi connectivity index (χ2v) is 4.07. The Labute approximate surface area is 63.4 Å². The first-order valence-electron chi connectivity index (χ1n) is 4.47. The van der Waals surface area contributed by atoms with Crippen molar-refractivity contribution in [1.29, 1.82) is 0 Å². The molecular weight excluding hydrogens is 122 g/mol. The zero-order valence-electron chi connectivity index (χ0n) is 7.06. The molecule has 2 atom stereocenters. The fourth-order valence-corrected chi connectivity index (χ4v) is 2.74. The van der Waals surface area contributed by atoms with Crippen LogP contribution < -0.4 is 0 Å². The summed E-state index contributed by atoms with van der Waals surface area (Å²) in [5, 5.41) is 0. The minimum Gasteiger partial charge on any atom is -0.300 e. The molecule has 1 saturated carbocycles. The zero-order chi connectivity index (χ0) is 7.19. The third-order valence-electron chi connectivity index (χ3n) is 3.79. The van der Waals surface area contributed by atoms with Gasteiger partial charge >= 0.3 is 0 Å². The minimum atomic E-state index is 0.667. The van der Waals surface area contributed by atoms with E-state index in [2.05, 4.69) is 18.9 Å². The highest BCUT2D eigenvalue weighted by Crippen LogP contribution is 2.48. The van der Waals surface area contributed by atoms with Crippen LogP contribution in [0.5, 0.6) is 0 Å². The Bertz CT molecular complexity index is 144. The first-order valence-corrected chi connectivity index (χ1v) is 4.47. The van der Waals surface area contributed by atoms with Gasteiger partial charge in [-0.2, -0.15) is 0 Å². The van der Waals surface area contributed by atoms with Crippen molar-refractivity contribution >= 4 is 0 Å². The van der Waals surface area contributed by atoms with Crippen LogP contribution in [-0.4, -0.2) is 24.0 Å². The van der Waals surface area contributed by atoms with E-state index in [9.17, 15) is 0 Å². The summed E-state index contributed by atoms with van der Waals surface area (Å²) >= 11 is 0. The van der Waals surface area contributed by atoms with E-state index in [1.807, 2.05) is 0 Å². The van der Waals surface area contributed by atoms with Gasteiger partial charge in [-0.05, 0) is 45.2 Å². The van der Waals surface area contributed by atoms with Crippen molar-refractivity contribution in [3.63, 3.8) is 0 Å². The molecule has 10 heavy (non-hydrogen) atoms. The van der Waals surface area contributed by atoms with Crippen LogP contribution >= 0.6 is 0 Å². The zero-order valence-corrected chi connectivity index (χ0v) is 7.06. The number of hydrogen-bond donors (Lipinski definition) is 0. The van der Waals surface area contributed by atoms with E-state index >= 15 is 0 Å². The molecule has 2 fully saturated rings. The van der Waals surface area contributed by atoms with Crippen LogP contribution in [0.1, 0.15) is 32.6 Å². The number of hydrogen-bond acceptors (Lipinski definition) is 1. The maximum atomic E-state index is 2.58. The topological polar surface area (TPSA) is 3.24 Å². The summed E-state index contributed by atoms with van der Waals surface area (Å²) in [4.78, 5) is 2.58. The summed E-state index contributed by atoms with van der Waals surface area (Å²) in [5.74, 6) is 0.972. The molecule has 2 aliphatic rings. The molecule has 1 spiro atoms. The van der Waals surface area contributed by atoms with E-state index < -0.39 is 0 Å². The maximum absolute atomic E-state index is 2.58. The fraction of sp³-hybridized carbons (Fsp3) is 1.00. The highest BCUT2D eigenvalue weighted by Gasteiger charge is 2.48. The third-order valence-corrected chi connectivity index (χ3v) is 3.79. The molecule has 0 aromatic heterocycles. The Morgan fingerprint density at radius 1 is 1.40 bits per heavy atom. The van der Waals surface area contributed by atoms with Gasteiger partial charge in [-0.25, -0.2) is 0 Å². The van der Waals surface area contributed by atoms with E-state index in [4.69, 9.17) is 0 Å². The Hall–Kier alpha value is -0.0400. The number of rotatable bonds is 0. The fourth-order valence-electron chi connectivity index (χ4n) is 2.74. The van der Waals surface area contributed by atoms with E-state index in [-0.39, 0.29) is 0 Å². The molecule has 1 nitrogen and oxygen atoms in total. The van der Waals surface area contributed by atoms with Gasteiger partial charge < -0.3 is 4.90 Å². The van der Waals surface area contributed by atoms with Crippen molar-refractivity contribution in [3.8, 4) is 0 Å². The Morgan fingerprint density at radius 2 is 2.20 bits per heavy atom. The van der Waals surface area contributed by atoms with Crippen LogP contribution in [-0.2, 0) is 0 Å². The highest BCUT2D eigenvalue weighted by atomic mass is 15.2. The predicted molar refractivity (Wildman–Crippen MR) is 43.0 cm³/mol. The third kappa shape index (κ3) is 0.619. The summed E-state index contributed by atoms with van der Waals surface area (Å²) < 4.78 is 0. The predicted octanol–water partition coefficient (Wildman–Crippen LogP) is 1.88. The van der Waals surface area contributed by atoms with Gasteiger partial charge in [0.25, 0.3) is 0 Å². The van der Waals surface area contributed by atoms with E-state index in [0.29, 0.717) is 5.54 Å². The van der Waals surface area contributed by atoms with Gasteiger partial charge in [0.15, 0.2) is 0 Å². The molecule has 0 bridgehead atoms. The molecule has 1 unspecified atom stereocenters. The van der Waals surface area contributed by atoms with Crippen LogP contribution in [0, 0.1) is 5.92 Å². The second kappa shape index (κ2) is 1.97. The Balaban J connectivity index is 2.13. The molecular formula is C9H17N. The van der Waals surface area contributed by atoms with Crippen molar-refractivity contribution in [2.45, 2.75) is 38.1 Å². The molecule has 1 aliphatic carbocycles. The molecule has 1 heteroatoms. The largest absolute Gasteiger partial charge is 0.300 e. The first kappa shape index (κ1) is 6.66. The summed E-state index contributed by atoms with van der Waals surface area (Å²) in [7, 11) is 2.29. The van der Waals surface area contributed by atoms with Crippen molar-refractivity contribution < 1.29 is 0 Å². The smallest absolute Gasteiger partial charge is 0.0232 e. The molecule has 0 amide bonds. The van der Waals surface area contributed by atoms with Crippen LogP contribution in [0.15, 0.2) is 0 Å². The van der Waals surface area contributed by atoms with Crippen molar-refractivity contribution in [2.24, 2.45) is 5.92 Å². The summed E-state index contributed by atoms with van der Waals surface area (Å²) in [6.07, 6.45) is 5.82. The molecule has 0 aromatic carbocycles. The molecule has 2 rings (SSSR count). The molecule has 0 aromatic rings. The lowest BCUT2D eigenvalue weighted by molar-refractivity contribution is 0.0141. The van der Waals surface area contributed by atoms with Gasteiger partial charge in [-0.15, -0.1) is 0 Å². The molecule has 0 radical (unpaired) electrons.